The number of fused-ring (bicyclic) bond motifs is 4. The SMILES string of the molecule is CCCN(CCC)c1ccc2c(=O)c3cc4[nH]c5ccccc5c(=O)c4cc3n(CC)c2c1. The van der Waals surface area contributed by atoms with Crippen molar-refractivity contribution in [3.05, 3.63) is 75.0 Å². The standard InChI is InChI=1S/C28H29N3O2/c1-4-13-30(14-5-2)18-11-12-20-25(15-18)31(6-3)26-17-21-24(16-22(26)28(20)33)29-23-10-8-7-9-19(23)27(21)32/h7-12,15-17H,4-6,13-14H2,1-3H3,(H,29,32). The maximum absolute atomic E-state index is 13.6. The quantitative estimate of drug-likeness (QED) is 0.340. The van der Waals surface area contributed by atoms with Crippen LogP contribution in [0, 0.1) is 0 Å². The lowest BCUT2D eigenvalue weighted by atomic mass is 10.0. The number of pyridine rings is 2. The van der Waals surface area contributed by atoms with Gasteiger partial charge in [-0.05, 0) is 62.2 Å². The van der Waals surface area contributed by atoms with Gasteiger partial charge in [-0.2, -0.15) is 0 Å². The fraction of sp³-hybridized carbons (Fsp3) is 0.286. The van der Waals surface area contributed by atoms with Gasteiger partial charge in [0.15, 0.2) is 10.9 Å². The molecule has 0 bridgehead atoms. The van der Waals surface area contributed by atoms with Gasteiger partial charge in [-0.15, -0.1) is 0 Å². The van der Waals surface area contributed by atoms with Gasteiger partial charge in [0.2, 0.25) is 0 Å². The molecule has 5 nitrogen and oxygen atoms in total. The van der Waals surface area contributed by atoms with Crippen LogP contribution in [0.1, 0.15) is 33.6 Å². The third kappa shape index (κ3) is 3.39. The Labute approximate surface area is 192 Å². The van der Waals surface area contributed by atoms with Crippen LogP contribution in [0.5, 0.6) is 0 Å². The van der Waals surface area contributed by atoms with E-state index in [-0.39, 0.29) is 10.9 Å². The van der Waals surface area contributed by atoms with E-state index in [2.05, 4.69) is 47.4 Å². The number of aryl methyl sites for hydroxylation is 1. The van der Waals surface area contributed by atoms with Crippen LogP contribution in [0.4, 0.5) is 5.69 Å². The van der Waals surface area contributed by atoms with Gasteiger partial charge in [0.1, 0.15) is 0 Å². The van der Waals surface area contributed by atoms with Gasteiger partial charge in [0.05, 0.1) is 16.6 Å². The highest BCUT2D eigenvalue weighted by molar-refractivity contribution is 6.03. The van der Waals surface area contributed by atoms with Crippen molar-refractivity contribution >= 4 is 49.3 Å². The van der Waals surface area contributed by atoms with Crippen molar-refractivity contribution in [3.8, 4) is 0 Å². The highest BCUT2D eigenvalue weighted by atomic mass is 16.1. The maximum Gasteiger partial charge on any atom is 0.197 e. The molecule has 0 aliphatic rings. The third-order valence-electron chi connectivity index (χ3n) is 6.54. The van der Waals surface area contributed by atoms with Gasteiger partial charge in [-0.25, -0.2) is 0 Å². The second kappa shape index (κ2) is 8.39. The molecule has 0 amide bonds. The van der Waals surface area contributed by atoms with Crippen LogP contribution >= 0.6 is 0 Å². The first kappa shape index (κ1) is 21.3. The second-order valence-electron chi connectivity index (χ2n) is 8.68. The number of anilines is 1. The number of para-hydroxylation sites is 1. The Balaban J connectivity index is 1.86. The van der Waals surface area contributed by atoms with Crippen molar-refractivity contribution in [1.82, 2.24) is 9.55 Å². The number of aromatic nitrogens is 2. The van der Waals surface area contributed by atoms with E-state index in [0.717, 1.165) is 48.2 Å². The summed E-state index contributed by atoms with van der Waals surface area (Å²) in [5.74, 6) is 0. The summed E-state index contributed by atoms with van der Waals surface area (Å²) in [6.45, 7) is 9.12. The minimum atomic E-state index is -0.0118. The Bertz CT molecular complexity index is 1620. The van der Waals surface area contributed by atoms with Crippen molar-refractivity contribution in [2.45, 2.75) is 40.2 Å². The number of rotatable bonds is 6. The van der Waals surface area contributed by atoms with Gasteiger partial charge >= 0.3 is 0 Å². The first-order chi connectivity index (χ1) is 16.1. The van der Waals surface area contributed by atoms with E-state index in [4.69, 9.17) is 0 Å². The predicted molar refractivity (Wildman–Crippen MR) is 140 cm³/mol. The molecule has 2 heterocycles. The normalized spacial score (nSPS) is 11.7. The first-order valence-corrected chi connectivity index (χ1v) is 11.9. The average Bonchev–Trinajstić information content (AvgIpc) is 2.84. The van der Waals surface area contributed by atoms with E-state index in [1.54, 1.807) is 0 Å². The van der Waals surface area contributed by atoms with Crippen molar-refractivity contribution in [2.24, 2.45) is 0 Å². The van der Waals surface area contributed by atoms with Gasteiger partial charge in [0.25, 0.3) is 0 Å². The van der Waals surface area contributed by atoms with Crippen molar-refractivity contribution in [3.63, 3.8) is 0 Å². The number of H-pyrrole nitrogens is 1. The fourth-order valence-electron chi connectivity index (χ4n) is 5.02. The number of aromatic amines is 1. The van der Waals surface area contributed by atoms with E-state index >= 15 is 0 Å². The van der Waals surface area contributed by atoms with Crippen LogP contribution < -0.4 is 15.8 Å². The van der Waals surface area contributed by atoms with E-state index in [1.165, 1.54) is 0 Å². The Morgan fingerprint density at radius 1 is 0.727 bits per heavy atom. The molecule has 0 fully saturated rings. The van der Waals surface area contributed by atoms with Crippen LogP contribution in [0.2, 0.25) is 0 Å². The lowest BCUT2D eigenvalue weighted by molar-refractivity contribution is 0.744. The summed E-state index contributed by atoms with van der Waals surface area (Å²) < 4.78 is 2.17. The molecular weight excluding hydrogens is 410 g/mol. The van der Waals surface area contributed by atoms with Gasteiger partial charge in [-0.3, -0.25) is 9.59 Å². The molecule has 3 aromatic carbocycles. The fourth-order valence-corrected chi connectivity index (χ4v) is 5.02. The topological polar surface area (TPSA) is 58.1 Å². The molecule has 0 aliphatic carbocycles. The molecule has 0 aliphatic heterocycles. The Kier molecular flexibility index (Phi) is 5.41. The van der Waals surface area contributed by atoms with Crippen LogP contribution in [0.15, 0.2) is 64.2 Å². The van der Waals surface area contributed by atoms with Crippen LogP contribution in [0.25, 0.3) is 43.6 Å². The molecule has 5 rings (SSSR count). The third-order valence-corrected chi connectivity index (χ3v) is 6.54. The van der Waals surface area contributed by atoms with Gasteiger partial charge in [0, 0.05) is 52.4 Å². The second-order valence-corrected chi connectivity index (χ2v) is 8.68. The molecule has 168 valence electrons. The van der Waals surface area contributed by atoms with E-state index < -0.39 is 0 Å². The van der Waals surface area contributed by atoms with Gasteiger partial charge < -0.3 is 14.5 Å². The number of benzene rings is 3. The number of hydrogen-bond donors (Lipinski definition) is 1. The predicted octanol–water partition coefficient (Wildman–Crippen LogP) is 5.80. The van der Waals surface area contributed by atoms with E-state index in [0.29, 0.717) is 33.6 Å². The van der Waals surface area contributed by atoms with Crippen molar-refractivity contribution < 1.29 is 0 Å². The molecule has 5 aromatic rings. The molecule has 0 atom stereocenters. The molecule has 0 saturated carbocycles. The summed E-state index contributed by atoms with van der Waals surface area (Å²) in [5, 5.41) is 2.61. The summed E-state index contributed by atoms with van der Waals surface area (Å²) in [7, 11) is 0. The highest BCUT2D eigenvalue weighted by Gasteiger charge is 2.15. The van der Waals surface area contributed by atoms with Crippen molar-refractivity contribution in [2.75, 3.05) is 18.0 Å². The molecule has 0 radical (unpaired) electrons. The zero-order chi connectivity index (χ0) is 23.1. The minimum absolute atomic E-state index is 0.00434. The Morgan fingerprint density at radius 2 is 1.42 bits per heavy atom. The summed E-state index contributed by atoms with van der Waals surface area (Å²) >= 11 is 0. The summed E-state index contributed by atoms with van der Waals surface area (Å²) in [5.41, 5.74) is 4.32. The molecule has 0 saturated heterocycles. The van der Waals surface area contributed by atoms with Gasteiger partial charge in [-0.1, -0.05) is 26.0 Å². The van der Waals surface area contributed by atoms with Crippen LogP contribution in [-0.2, 0) is 6.54 Å². The first-order valence-electron chi connectivity index (χ1n) is 11.9. The number of hydrogen-bond acceptors (Lipinski definition) is 3. The molecule has 0 spiro atoms. The lowest BCUT2D eigenvalue weighted by Gasteiger charge is -2.25. The van der Waals surface area contributed by atoms with Crippen LogP contribution in [0.3, 0.4) is 0 Å². The van der Waals surface area contributed by atoms with E-state index in [9.17, 15) is 9.59 Å². The molecule has 1 N–H and O–H groups in total. The number of nitrogens with zero attached hydrogens (tertiary/aromatic N) is 2. The molecule has 0 unspecified atom stereocenters. The summed E-state index contributed by atoms with van der Waals surface area (Å²) in [4.78, 5) is 32.5. The zero-order valence-corrected chi connectivity index (χ0v) is 19.4. The Morgan fingerprint density at radius 3 is 2.15 bits per heavy atom. The molecule has 2 aromatic heterocycles. The zero-order valence-electron chi connectivity index (χ0n) is 19.4. The smallest absolute Gasteiger partial charge is 0.197 e. The van der Waals surface area contributed by atoms with Crippen molar-refractivity contribution in [1.29, 1.82) is 0 Å². The highest BCUT2D eigenvalue weighted by Crippen LogP contribution is 2.27. The summed E-state index contributed by atoms with van der Waals surface area (Å²) in [6.07, 6.45) is 2.14. The minimum Gasteiger partial charge on any atom is -0.371 e. The summed E-state index contributed by atoms with van der Waals surface area (Å²) in [6, 6.07) is 17.4. The lowest BCUT2D eigenvalue weighted by Crippen LogP contribution is -2.25. The molecule has 5 heteroatoms. The molecular formula is C28H29N3O2. The Hall–Kier alpha value is -3.60. The van der Waals surface area contributed by atoms with Crippen LogP contribution in [-0.4, -0.2) is 22.6 Å². The largest absolute Gasteiger partial charge is 0.371 e. The maximum atomic E-state index is 13.6. The monoisotopic (exact) mass is 439 g/mol. The molecule has 33 heavy (non-hydrogen) atoms. The average molecular weight is 440 g/mol. The van der Waals surface area contributed by atoms with E-state index in [1.807, 2.05) is 42.5 Å². The number of nitrogens with one attached hydrogen (secondary N) is 1.